The zero-order valence-corrected chi connectivity index (χ0v) is 10.6. The second-order valence-corrected chi connectivity index (χ2v) is 4.60. The minimum atomic E-state index is -1.21. The number of hydrogen-bond donors (Lipinski definition) is 1. The molecule has 1 atom stereocenters. The van der Waals surface area contributed by atoms with Crippen LogP contribution in [-0.2, 0) is 0 Å². The van der Waals surface area contributed by atoms with E-state index in [-0.39, 0.29) is 15.6 Å². The molecule has 0 aliphatic rings. The van der Waals surface area contributed by atoms with E-state index in [2.05, 4.69) is 15.9 Å². The highest BCUT2D eigenvalue weighted by atomic mass is 79.9. The summed E-state index contributed by atoms with van der Waals surface area (Å²) in [7, 11) is 0. The Labute approximate surface area is 110 Å². The Kier molecular flexibility index (Phi) is 3.73. The molecule has 2 aromatic rings. The van der Waals surface area contributed by atoms with E-state index < -0.39 is 23.6 Å². The van der Waals surface area contributed by atoms with Gasteiger partial charge in [0, 0.05) is 0 Å². The van der Waals surface area contributed by atoms with Gasteiger partial charge in [-0.05, 0) is 51.3 Å². The van der Waals surface area contributed by atoms with Crippen molar-refractivity contribution in [1.29, 1.82) is 0 Å². The molecule has 0 spiro atoms. The average Bonchev–Trinajstić information content (AvgIpc) is 2.35. The molecule has 1 unspecified atom stereocenters. The van der Waals surface area contributed by atoms with Crippen LogP contribution in [0.3, 0.4) is 0 Å². The molecule has 0 saturated heterocycles. The van der Waals surface area contributed by atoms with Crippen molar-refractivity contribution in [3.8, 4) is 0 Å². The van der Waals surface area contributed by atoms with Gasteiger partial charge in [0.1, 0.15) is 11.9 Å². The van der Waals surface area contributed by atoms with E-state index in [0.717, 1.165) is 18.2 Å². The molecule has 1 nitrogen and oxygen atoms in total. The molecule has 0 heterocycles. The van der Waals surface area contributed by atoms with Gasteiger partial charge in [-0.15, -0.1) is 0 Å². The highest BCUT2D eigenvalue weighted by molar-refractivity contribution is 9.10. The first kappa shape index (κ1) is 13.1. The lowest BCUT2D eigenvalue weighted by Crippen LogP contribution is -2.01. The predicted molar refractivity (Wildman–Crippen MR) is 64.5 cm³/mol. The van der Waals surface area contributed by atoms with Gasteiger partial charge in [-0.1, -0.05) is 12.1 Å². The molecule has 0 radical (unpaired) electrons. The maximum Gasteiger partial charge on any atom is 0.159 e. The van der Waals surface area contributed by atoms with Gasteiger partial charge in [-0.25, -0.2) is 13.2 Å². The molecular formula is C13H8BrF3O. The third kappa shape index (κ3) is 2.57. The zero-order chi connectivity index (χ0) is 13.3. The van der Waals surface area contributed by atoms with Crippen LogP contribution in [0.4, 0.5) is 13.2 Å². The Morgan fingerprint density at radius 2 is 1.39 bits per heavy atom. The highest BCUT2D eigenvalue weighted by Gasteiger charge is 2.14. The van der Waals surface area contributed by atoms with Crippen LogP contribution < -0.4 is 0 Å². The minimum Gasteiger partial charge on any atom is -0.384 e. The molecule has 2 rings (SSSR count). The average molecular weight is 317 g/mol. The number of aliphatic hydroxyl groups excluding tert-OH is 1. The summed E-state index contributed by atoms with van der Waals surface area (Å²) in [5.41, 5.74) is 0.428. The van der Waals surface area contributed by atoms with Crippen molar-refractivity contribution in [1.82, 2.24) is 0 Å². The summed E-state index contributed by atoms with van der Waals surface area (Å²) in [6.45, 7) is 0. The molecule has 5 heteroatoms. The molecular weight excluding hydrogens is 309 g/mol. The smallest absolute Gasteiger partial charge is 0.159 e. The predicted octanol–water partition coefficient (Wildman–Crippen LogP) is 3.95. The molecule has 94 valence electrons. The van der Waals surface area contributed by atoms with Crippen molar-refractivity contribution < 1.29 is 18.3 Å². The summed E-state index contributed by atoms with van der Waals surface area (Å²) in [5.74, 6) is -2.58. The van der Waals surface area contributed by atoms with Gasteiger partial charge in [0.25, 0.3) is 0 Å². The Morgan fingerprint density at radius 3 is 1.94 bits per heavy atom. The van der Waals surface area contributed by atoms with E-state index in [1.165, 1.54) is 18.2 Å². The van der Waals surface area contributed by atoms with Crippen molar-refractivity contribution in [2.45, 2.75) is 6.10 Å². The molecule has 0 aromatic heterocycles. The fraction of sp³-hybridized carbons (Fsp3) is 0.0769. The van der Waals surface area contributed by atoms with Gasteiger partial charge in [0.05, 0.1) is 4.47 Å². The van der Waals surface area contributed by atoms with Crippen molar-refractivity contribution in [2.75, 3.05) is 0 Å². The molecule has 0 saturated carbocycles. The number of rotatable bonds is 2. The van der Waals surface area contributed by atoms with E-state index >= 15 is 0 Å². The molecule has 0 fully saturated rings. The van der Waals surface area contributed by atoms with Crippen LogP contribution in [0.1, 0.15) is 17.2 Å². The first-order valence-electron chi connectivity index (χ1n) is 5.07. The van der Waals surface area contributed by atoms with E-state index in [4.69, 9.17) is 0 Å². The molecule has 1 N–H and O–H groups in total. The standard InChI is InChI=1S/C13H8BrF3O/c14-9-3-1-7(5-11(9)16)13(18)8-2-4-10(15)12(17)6-8/h1-6,13,18H. The zero-order valence-electron chi connectivity index (χ0n) is 9.00. The van der Waals surface area contributed by atoms with Crippen LogP contribution in [0.5, 0.6) is 0 Å². The Bertz CT molecular complexity index is 535. The lowest BCUT2D eigenvalue weighted by atomic mass is 10.0. The van der Waals surface area contributed by atoms with E-state index in [9.17, 15) is 18.3 Å². The number of halogens is 4. The largest absolute Gasteiger partial charge is 0.384 e. The number of aliphatic hydroxyl groups is 1. The maximum atomic E-state index is 13.3. The summed E-state index contributed by atoms with van der Waals surface area (Å²) in [4.78, 5) is 0. The quantitative estimate of drug-likeness (QED) is 0.889. The lowest BCUT2D eigenvalue weighted by Gasteiger charge is -2.12. The number of benzene rings is 2. The molecule has 0 aliphatic carbocycles. The first-order valence-corrected chi connectivity index (χ1v) is 5.86. The summed E-state index contributed by atoms with van der Waals surface area (Å²) in [5, 5.41) is 9.95. The van der Waals surface area contributed by atoms with Gasteiger partial charge in [0.2, 0.25) is 0 Å². The number of hydrogen-bond acceptors (Lipinski definition) is 1. The fourth-order valence-electron chi connectivity index (χ4n) is 1.56. The van der Waals surface area contributed by atoms with Crippen LogP contribution in [0.2, 0.25) is 0 Å². The molecule has 2 aromatic carbocycles. The monoisotopic (exact) mass is 316 g/mol. The van der Waals surface area contributed by atoms with Crippen LogP contribution in [0.25, 0.3) is 0 Å². The van der Waals surface area contributed by atoms with Crippen LogP contribution in [0.15, 0.2) is 40.9 Å². The topological polar surface area (TPSA) is 20.2 Å². The van der Waals surface area contributed by atoms with Crippen molar-refractivity contribution in [3.63, 3.8) is 0 Å². The second-order valence-electron chi connectivity index (χ2n) is 3.75. The molecule has 0 aliphatic heterocycles. The minimum absolute atomic E-state index is 0.163. The van der Waals surface area contributed by atoms with E-state index in [0.29, 0.717) is 0 Å². The third-order valence-electron chi connectivity index (χ3n) is 2.52. The molecule has 0 bridgehead atoms. The lowest BCUT2D eigenvalue weighted by molar-refractivity contribution is 0.219. The Balaban J connectivity index is 2.37. The molecule has 18 heavy (non-hydrogen) atoms. The summed E-state index contributed by atoms with van der Waals surface area (Å²) in [6, 6.07) is 7.13. The fourth-order valence-corrected chi connectivity index (χ4v) is 1.80. The molecule has 0 amide bonds. The van der Waals surface area contributed by atoms with Gasteiger partial charge >= 0.3 is 0 Å². The normalized spacial score (nSPS) is 12.5. The van der Waals surface area contributed by atoms with Gasteiger partial charge in [-0.2, -0.15) is 0 Å². The van der Waals surface area contributed by atoms with Gasteiger partial charge in [-0.3, -0.25) is 0 Å². The maximum absolute atomic E-state index is 13.3. The van der Waals surface area contributed by atoms with Gasteiger partial charge < -0.3 is 5.11 Å². The summed E-state index contributed by atoms with van der Waals surface area (Å²) in [6.07, 6.45) is -1.21. The Hall–Kier alpha value is -1.33. The summed E-state index contributed by atoms with van der Waals surface area (Å²) < 4.78 is 39.4. The highest BCUT2D eigenvalue weighted by Crippen LogP contribution is 2.26. The van der Waals surface area contributed by atoms with Crippen molar-refractivity contribution in [2.24, 2.45) is 0 Å². The second kappa shape index (κ2) is 5.12. The van der Waals surface area contributed by atoms with Crippen LogP contribution in [-0.4, -0.2) is 5.11 Å². The van der Waals surface area contributed by atoms with E-state index in [1.807, 2.05) is 0 Å². The summed E-state index contributed by atoms with van der Waals surface area (Å²) >= 11 is 2.99. The van der Waals surface area contributed by atoms with Crippen LogP contribution >= 0.6 is 15.9 Å². The van der Waals surface area contributed by atoms with Crippen LogP contribution in [0, 0.1) is 17.5 Å². The Morgan fingerprint density at radius 1 is 0.833 bits per heavy atom. The van der Waals surface area contributed by atoms with Crippen molar-refractivity contribution in [3.05, 3.63) is 69.4 Å². The SMILES string of the molecule is OC(c1ccc(F)c(F)c1)c1ccc(Br)c(F)c1. The first-order chi connectivity index (χ1) is 8.49. The van der Waals surface area contributed by atoms with Gasteiger partial charge in [0.15, 0.2) is 11.6 Å². The van der Waals surface area contributed by atoms with Crippen molar-refractivity contribution >= 4 is 15.9 Å². The van der Waals surface area contributed by atoms with E-state index in [1.54, 1.807) is 0 Å². The third-order valence-corrected chi connectivity index (χ3v) is 3.16.